The van der Waals surface area contributed by atoms with Crippen molar-refractivity contribution in [1.29, 1.82) is 0 Å². The lowest BCUT2D eigenvalue weighted by atomic mass is 10.0. The van der Waals surface area contributed by atoms with Gasteiger partial charge in [-0.2, -0.15) is 0 Å². The Labute approximate surface area is 189 Å². The Morgan fingerprint density at radius 2 is 1.38 bits per heavy atom. The molecule has 0 saturated heterocycles. The fourth-order valence-electron chi connectivity index (χ4n) is 3.47. The van der Waals surface area contributed by atoms with Gasteiger partial charge in [0.2, 0.25) is 0 Å². The summed E-state index contributed by atoms with van der Waals surface area (Å²) >= 11 is 0. The molecule has 0 aliphatic rings. The second-order valence-corrected chi connectivity index (χ2v) is 7.67. The van der Waals surface area contributed by atoms with E-state index in [1.807, 2.05) is 36.4 Å². The molecule has 168 valence electrons. The van der Waals surface area contributed by atoms with E-state index in [1.165, 1.54) is 18.2 Å². The highest BCUT2D eigenvalue weighted by molar-refractivity contribution is 5.92. The molecule has 0 aromatic heterocycles. The molecule has 0 bridgehead atoms. The number of hydrogen-bond donors (Lipinski definition) is 2. The third-order valence-electron chi connectivity index (χ3n) is 5.20. The molecule has 3 aromatic carbocycles. The lowest BCUT2D eigenvalue weighted by Crippen LogP contribution is -2.06. The van der Waals surface area contributed by atoms with E-state index in [9.17, 15) is 15.0 Å². The second kappa shape index (κ2) is 12.4. The van der Waals surface area contributed by atoms with E-state index in [1.54, 1.807) is 0 Å². The fourth-order valence-corrected chi connectivity index (χ4v) is 3.47. The summed E-state index contributed by atoms with van der Waals surface area (Å²) in [4.78, 5) is 11.9. The van der Waals surface area contributed by atoms with E-state index in [0.29, 0.717) is 13.2 Å². The number of hydrogen-bond acceptors (Lipinski definition) is 5. The molecule has 0 fully saturated rings. The summed E-state index contributed by atoms with van der Waals surface area (Å²) < 4.78 is 11.2. The number of carbonyl (C=O) groups is 1. The van der Waals surface area contributed by atoms with Crippen molar-refractivity contribution < 1.29 is 24.5 Å². The van der Waals surface area contributed by atoms with Crippen molar-refractivity contribution >= 4 is 5.97 Å². The predicted molar refractivity (Wildman–Crippen MR) is 125 cm³/mol. The van der Waals surface area contributed by atoms with Crippen LogP contribution in [0.5, 0.6) is 17.2 Å². The molecule has 5 heteroatoms. The van der Waals surface area contributed by atoms with Crippen molar-refractivity contribution in [3.8, 4) is 28.4 Å². The number of unbranched alkanes of at least 4 members (excludes halogenated alkanes) is 5. The van der Waals surface area contributed by atoms with Gasteiger partial charge in [-0.1, -0.05) is 74.2 Å². The van der Waals surface area contributed by atoms with Gasteiger partial charge in [0.05, 0.1) is 13.2 Å². The molecule has 3 aromatic rings. The Bertz CT molecular complexity index is 984. The molecule has 0 atom stereocenters. The second-order valence-electron chi connectivity index (χ2n) is 7.67. The summed E-state index contributed by atoms with van der Waals surface area (Å²) in [6.07, 6.45) is 5.99. The smallest absolute Gasteiger partial charge is 0.342 e. The van der Waals surface area contributed by atoms with Gasteiger partial charge in [0.15, 0.2) is 0 Å². The van der Waals surface area contributed by atoms with E-state index < -0.39 is 5.97 Å². The van der Waals surface area contributed by atoms with Crippen LogP contribution in [0.4, 0.5) is 0 Å². The van der Waals surface area contributed by atoms with Crippen LogP contribution in [-0.2, 0) is 4.74 Å². The lowest BCUT2D eigenvalue weighted by Gasteiger charge is -2.11. The maximum Gasteiger partial charge on any atom is 0.342 e. The fraction of sp³-hybridized carbons (Fsp3) is 0.296. The molecule has 0 amide bonds. The van der Waals surface area contributed by atoms with Crippen LogP contribution in [0.15, 0.2) is 72.8 Å². The molecule has 0 aliphatic carbocycles. The van der Waals surface area contributed by atoms with Crippen molar-refractivity contribution in [3.05, 3.63) is 78.4 Å². The van der Waals surface area contributed by atoms with Crippen molar-refractivity contribution in [3.63, 3.8) is 0 Å². The Hall–Kier alpha value is -3.47. The molecular formula is C27H30O5. The average molecular weight is 435 g/mol. The van der Waals surface area contributed by atoms with E-state index in [-0.39, 0.29) is 17.1 Å². The third-order valence-corrected chi connectivity index (χ3v) is 5.20. The van der Waals surface area contributed by atoms with Gasteiger partial charge in [0.25, 0.3) is 0 Å². The Morgan fingerprint density at radius 1 is 0.719 bits per heavy atom. The van der Waals surface area contributed by atoms with Crippen molar-refractivity contribution in [1.82, 2.24) is 0 Å². The largest absolute Gasteiger partial charge is 0.508 e. The predicted octanol–water partition coefficient (Wildman–Crippen LogP) is 6.34. The third kappa shape index (κ3) is 7.05. The Balaban J connectivity index is 1.26. The Morgan fingerprint density at radius 3 is 2.16 bits per heavy atom. The molecule has 32 heavy (non-hydrogen) atoms. The van der Waals surface area contributed by atoms with Gasteiger partial charge in [0, 0.05) is 5.56 Å². The highest BCUT2D eigenvalue weighted by Gasteiger charge is 2.13. The molecule has 0 aliphatic heterocycles. The molecule has 5 nitrogen and oxygen atoms in total. The summed E-state index contributed by atoms with van der Waals surface area (Å²) in [6, 6.07) is 22.2. The summed E-state index contributed by atoms with van der Waals surface area (Å²) in [5.74, 6) is 0.0216. The first-order valence-electron chi connectivity index (χ1n) is 11.1. The number of para-hydroxylation sites is 1. The minimum absolute atomic E-state index is 0.0150. The van der Waals surface area contributed by atoms with Gasteiger partial charge in [-0.3, -0.25) is 0 Å². The average Bonchev–Trinajstić information content (AvgIpc) is 2.82. The van der Waals surface area contributed by atoms with E-state index >= 15 is 0 Å². The van der Waals surface area contributed by atoms with Crippen LogP contribution in [0, 0.1) is 0 Å². The van der Waals surface area contributed by atoms with Gasteiger partial charge in [-0.25, -0.2) is 4.79 Å². The van der Waals surface area contributed by atoms with E-state index in [0.717, 1.165) is 55.4 Å². The van der Waals surface area contributed by atoms with Crippen LogP contribution in [0.3, 0.4) is 0 Å². The molecular weight excluding hydrogens is 404 g/mol. The van der Waals surface area contributed by atoms with Gasteiger partial charge in [0.1, 0.15) is 22.8 Å². The van der Waals surface area contributed by atoms with Gasteiger partial charge in [-0.05, 0) is 42.7 Å². The standard InChI is InChI=1S/C27H30O5/c28-22-16-17-25(29)24(20-22)27(30)32-19-11-4-2-1-3-10-18-31-26-15-9-8-14-23(26)21-12-6-5-7-13-21/h5-9,12-17,20,28-29H,1-4,10-11,18-19H2. The van der Waals surface area contributed by atoms with Crippen LogP contribution < -0.4 is 4.74 Å². The number of carbonyl (C=O) groups excluding carboxylic acids is 1. The molecule has 0 unspecified atom stereocenters. The van der Waals surface area contributed by atoms with Crippen molar-refractivity contribution in [2.24, 2.45) is 0 Å². The van der Waals surface area contributed by atoms with Gasteiger partial charge >= 0.3 is 5.97 Å². The number of phenols is 2. The number of phenolic OH excluding ortho intramolecular Hbond substituents is 2. The molecule has 0 heterocycles. The number of benzene rings is 3. The number of ether oxygens (including phenoxy) is 2. The quantitative estimate of drug-likeness (QED) is 0.198. The van der Waals surface area contributed by atoms with Crippen LogP contribution in [0.25, 0.3) is 11.1 Å². The van der Waals surface area contributed by atoms with E-state index in [4.69, 9.17) is 9.47 Å². The highest BCUT2D eigenvalue weighted by atomic mass is 16.5. The SMILES string of the molecule is O=C(OCCCCCCCCOc1ccccc1-c1ccccc1)c1cc(O)ccc1O. The summed E-state index contributed by atoms with van der Waals surface area (Å²) in [7, 11) is 0. The van der Waals surface area contributed by atoms with E-state index in [2.05, 4.69) is 18.2 Å². The molecule has 0 spiro atoms. The van der Waals surface area contributed by atoms with Crippen LogP contribution >= 0.6 is 0 Å². The first-order chi connectivity index (χ1) is 15.6. The van der Waals surface area contributed by atoms with Crippen LogP contribution in [0.1, 0.15) is 48.9 Å². The van der Waals surface area contributed by atoms with Crippen LogP contribution in [0.2, 0.25) is 0 Å². The molecule has 0 saturated carbocycles. The van der Waals surface area contributed by atoms with Crippen LogP contribution in [-0.4, -0.2) is 29.4 Å². The summed E-state index contributed by atoms with van der Waals surface area (Å²) in [5, 5.41) is 19.1. The number of esters is 1. The zero-order valence-corrected chi connectivity index (χ0v) is 18.2. The normalized spacial score (nSPS) is 10.6. The number of rotatable bonds is 12. The first-order valence-corrected chi connectivity index (χ1v) is 11.1. The highest BCUT2D eigenvalue weighted by Crippen LogP contribution is 2.29. The van der Waals surface area contributed by atoms with Crippen molar-refractivity contribution in [2.45, 2.75) is 38.5 Å². The van der Waals surface area contributed by atoms with Gasteiger partial charge < -0.3 is 19.7 Å². The first kappa shape index (κ1) is 23.2. The topological polar surface area (TPSA) is 76.0 Å². The monoisotopic (exact) mass is 434 g/mol. The maximum atomic E-state index is 11.9. The lowest BCUT2D eigenvalue weighted by molar-refractivity contribution is 0.0494. The zero-order valence-electron chi connectivity index (χ0n) is 18.2. The summed E-state index contributed by atoms with van der Waals surface area (Å²) in [5.41, 5.74) is 2.25. The number of aromatic hydroxyl groups is 2. The minimum Gasteiger partial charge on any atom is -0.508 e. The minimum atomic E-state index is -0.619. The molecule has 3 rings (SSSR count). The van der Waals surface area contributed by atoms with Gasteiger partial charge in [-0.15, -0.1) is 0 Å². The zero-order chi connectivity index (χ0) is 22.6. The molecule has 0 radical (unpaired) electrons. The maximum absolute atomic E-state index is 11.9. The Kier molecular flexibility index (Phi) is 8.99. The summed E-state index contributed by atoms with van der Waals surface area (Å²) in [6.45, 7) is 0.988. The van der Waals surface area contributed by atoms with Crippen molar-refractivity contribution in [2.75, 3.05) is 13.2 Å². The molecule has 2 N–H and O–H groups in total.